The number of aryl methyl sites for hydroxylation is 1. The van der Waals surface area contributed by atoms with E-state index in [-0.39, 0.29) is 11.7 Å². The minimum atomic E-state index is -4.73. The lowest BCUT2D eigenvalue weighted by molar-refractivity contribution is -0.274. The molecule has 41 heavy (non-hydrogen) atoms. The van der Waals surface area contributed by atoms with Crippen LogP contribution in [-0.4, -0.2) is 35.5 Å². The Hall–Kier alpha value is -3.76. The Kier molecular flexibility index (Phi) is 8.42. The second-order valence-corrected chi connectivity index (χ2v) is 11.0. The average molecular weight is 603 g/mol. The maximum absolute atomic E-state index is 12.4. The van der Waals surface area contributed by atoms with Crippen molar-refractivity contribution < 1.29 is 32.5 Å². The summed E-state index contributed by atoms with van der Waals surface area (Å²) in [5.41, 5.74) is 5.03. The van der Waals surface area contributed by atoms with Gasteiger partial charge in [-0.25, -0.2) is 4.98 Å². The molecule has 2 heterocycles. The summed E-state index contributed by atoms with van der Waals surface area (Å²) in [6.07, 6.45) is -3.55. The molecule has 1 N–H and O–H groups in total. The molecule has 5 rings (SSSR count). The molecular formula is C30H26ClF3N2O4S. The van der Waals surface area contributed by atoms with E-state index in [9.17, 15) is 23.1 Å². The first kappa shape index (κ1) is 28.8. The molecule has 0 amide bonds. The Bertz CT molecular complexity index is 1530. The van der Waals surface area contributed by atoms with Gasteiger partial charge in [-0.3, -0.25) is 4.79 Å². The number of thiazole rings is 1. The predicted molar refractivity (Wildman–Crippen MR) is 153 cm³/mol. The molecule has 0 atom stereocenters. The predicted octanol–water partition coefficient (Wildman–Crippen LogP) is 8.22. The van der Waals surface area contributed by atoms with E-state index in [1.165, 1.54) is 23.5 Å². The number of rotatable bonds is 8. The molecule has 3 aromatic carbocycles. The van der Waals surface area contributed by atoms with E-state index in [0.29, 0.717) is 43.3 Å². The van der Waals surface area contributed by atoms with Crippen molar-refractivity contribution in [1.82, 2.24) is 4.98 Å². The highest BCUT2D eigenvalue weighted by atomic mass is 35.5. The summed E-state index contributed by atoms with van der Waals surface area (Å²) in [4.78, 5) is 18.2. The minimum Gasteiger partial charge on any atom is -0.488 e. The highest BCUT2D eigenvalue weighted by Crippen LogP contribution is 2.37. The highest BCUT2D eigenvalue weighted by molar-refractivity contribution is 7.14. The lowest BCUT2D eigenvalue weighted by atomic mass is 9.97. The van der Waals surface area contributed by atoms with Crippen molar-refractivity contribution in [1.29, 1.82) is 0 Å². The number of hydrogen-bond donors (Lipinski definition) is 1. The number of aliphatic carboxylic acids is 1. The van der Waals surface area contributed by atoms with Crippen molar-refractivity contribution in [2.45, 2.75) is 32.7 Å². The normalized spacial score (nSPS) is 14.2. The third-order valence-corrected chi connectivity index (χ3v) is 8.11. The van der Waals surface area contributed by atoms with Crippen molar-refractivity contribution in [3.63, 3.8) is 0 Å². The van der Waals surface area contributed by atoms with Crippen LogP contribution in [-0.2, 0) is 11.4 Å². The van der Waals surface area contributed by atoms with Gasteiger partial charge in [0, 0.05) is 29.1 Å². The number of benzene rings is 3. The summed E-state index contributed by atoms with van der Waals surface area (Å²) in [6.45, 7) is 3.53. The largest absolute Gasteiger partial charge is 0.573 e. The Morgan fingerprint density at radius 3 is 2.44 bits per heavy atom. The van der Waals surface area contributed by atoms with Crippen molar-refractivity contribution >= 4 is 34.0 Å². The third kappa shape index (κ3) is 7.12. The molecule has 1 aromatic heterocycles. The van der Waals surface area contributed by atoms with E-state index >= 15 is 0 Å². The van der Waals surface area contributed by atoms with E-state index in [4.69, 9.17) is 21.3 Å². The molecule has 1 saturated heterocycles. The summed E-state index contributed by atoms with van der Waals surface area (Å²) in [5, 5.41) is 12.6. The maximum atomic E-state index is 12.4. The first-order valence-electron chi connectivity index (χ1n) is 12.9. The molecule has 4 aromatic rings. The molecular weight excluding hydrogens is 577 g/mol. The van der Waals surface area contributed by atoms with Crippen LogP contribution in [0.5, 0.6) is 11.5 Å². The SMILES string of the molecule is Cc1cc(-c2ccc(OC(F)(F)F)cc2)ccc1COc1ccc(Cl)cc1-c1csc(N2CCC(C(=O)O)CC2)n1. The highest BCUT2D eigenvalue weighted by Gasteiger charge is 2.31. The van der Waals surface area contributed by atoms with E-state index in [0.717, 1.165) is 38.6 Å². The molecule has 6 nitrogen and oxygen atoms in total. The first-order valence-corrected chi connectivity index (χ1v) is 14.1. The van der Waals surface area contributed by atoms with Crippen LogP contribution in [0.25, 0.3) is 22.4 Å². The molecule has 1 aliphatic heterocycles. The summed E-state index contributed by atoms with van der Waals surface area (Å²) in [5.74, 6) is -0.699. The minimum absolute atomic E-state index is 0.267. The standard InChI is InChI=1S/C30H26ClF3N2O4S/c1-18-14-21(19-4-7-24(8-5-19)40-30(32,33)34)2-3-22(18)16-39-27-9-6-23(31)15-25(27)26-17-41-29(35-26)36-12-10-20(11-13-36)28(37)38/h2-9,14-15,17,20H,10-13,16H2,1H3,(H,37,38). The van der Waals surface area contributed by atoms with Gasteiger partial charge in [0.2, 0.25) is 0 Å². The molecule has 0 unspecified atom stereocenters. The molecule has 0 radical (unpaired) electrons. The molecule has 1 fully saturated rings. The van der Waals surface area contributed by atoms with Crippen LogP contribution >= 0.6 is 22.9 Å². The van der Waals surface area contributed by atoms with Crippen molar-refractivity contribution in [2.75, 3.05) is 18.0 Å². The second kappa shape index (κ2) is 12.0. The van der Waals surface area contributed by atoms with Crippen LogP contribution in [0.2, 0.25) is 5.02 Å². The number of hydrogen-bond acceptors (Lipinski definition) is 6. The number of carboxylic acid groups (broad SMARTS) is 1. The summed E-state index contributed by atoms with van der Waals surface area (Å²) < 4.78 is 47.5. The topological polar surface area (TPSA) is 71.9 Å². The van der Waals surface area contributed by atoms with Crippen LogP contribution < -0.4 is 14.4 Å². The van der Waals surface area contributed by atoms with Gasteiger partial charge < -0.3 is 19.5 Å². The summed E-state index contributed by atoms with van der Waals surface area (Å²) in [7, 11) is 0. The number of carbonyl (C=O) groups is 1. The van der Waals surface area contributed by atoms with Crippen molar-refractivity contribution in [3.8, 4) is 33.9 Å². The Morgan fingerprint density at radius 1 is 1.07 bits per heavy atom. The van der Waals surface area contributed by atoms with Gasteiger partial charge in [-0.1, -0.05) is 41.9 Å². The summed E-state index contributed by atoms with van der Waals surface area (Å²) in [6, 6.07) is 16.9. The zero-order chi connectivity index (χ0) is 29.1. The van der Waals surface area contributed by atoms with Crippen LogP contribution in [0.1, 0.15) is 24.0 Å². The van der Waals surface area contributed by atoms with Gasteiger partial charge in [-0.05, 0) is 72.4 Å². The van der Waals surface area contributed by atoms with Gasteiger partial charge in [-0.15, -0.1) is 24.5 Å². The fourth-order valence-electron chi connectivity index (χ4n) is 4.72. The fourth-order valence-corrected chi connectivity index (χ4v) is 5.77. The molecule has 1 aliphatic rings. The van der Waals surface area contributed by atoms with Gasteiger partial charge in [-0.2, -0.15) is 0 Å². The van der Waals surface area contributed by atoms with Gasteiger partial charge in [0.1, 0.15) is 18.1 Å². The molecule has 0 bridgehead atoms. The number of anilines is 1. The third-order valence-electron chi connectivity index (χ3n) is 6.97. The lowest BCUT2D eigenvalue weighted by Gasteiger charge is -2.29. The number of piperidine rings is 1. The lowest BCUT2D eigenvalue weighted by Crippen LogP contribution is -2.36. The number of carboxylic acids is 1. The summed E-state index contributed by atoms with van der Waals surface area (Å²) >= 11 is 7.82. The van der Waals surface area contributed by atoms with Gasteiger partial charge >= 0.3 is 12.3 Å². The number of aromatic nitrogens is 1. The number of nitrogens with zero attached hydrogens (tertiary/aromatic N) is 2. The van der Waals surface area contributed by atoms with Gasteiger partial charge in [0.05, 0.1) is 11.6 Å². The van der Waals surface area contributed by atoms with Crippen molar-refractivity contribution in [3.05, 3.63) is 82.2 Å². The molecule has 0 saturated carbocycles. The van der Waals surface area contributed by atoms with Crippen LogP contribution in [0.4, 0.5) is 18.3 Å². The van der Waals surface area contributed by atoms with Crippen LogP contribution in [0.15, 0.2) is 66.0 Å². The van der Waals surface area contributed by atoms with Gasteiger partial charge in [0.15, 0.2) is 5.13 Å². The van der Waals surface area contributed by atoms with E-state index in [1.54, 1.807) is 18.2 Å². The molecule has 0 aliphatic carbocycles. The molecule has 214 valence electrons. The number of ether oxygens (including phenoxy) is 2. The fraction of sp³-hybridized carbons (Fsp3) is 0.267. The Balaban J connectivity index is 1.28. The molecule has 11 heteroatoms. The van der Waals surface area contributed by atoms with Crippen LogP contribution in [0, 0.1) is 12.8 Å². The number of alkyl halides is 3. The van der Waals surface area contributed by atoms with Crippen molar-refractivity contribution in [2.24, 2.45) is 5.92 Å². The van der Waals surface area contributed by atoms with E-state index in [1.807, 2.05) is 42.6 Å². The molecule has 0 spiro atoms. The maximum Gasteiger partial charge on any atom is 0.573 e. The Labute approximate surface area is 243 Å². The quantitative estimate of drug-likeness (QED) is 0.219. The second-order valence-electron chi connectivity index (χ2n) is 9.76. The average Bonchev–Trinajstić information content (AvgIpc) is 3.43. The zero-order valence-corrected chi connectivity index (χ0v) is 23.5. The van der Waals surface area contributed by atoms with Crippen LogP contribution in [0.3, 0.4) is 0 Å². The van der Waals surface area contributed by atoms with E-state index < -0.39 is 12.3 Å². The Morgan fingerprint density at radius 2 is 1.78 bits per heavy atom. The van der Waals surface area contributed by atoms with E-state index in [2.05, 4.69) is 9.64 Å². The monoisotopic (exact) mass is 602 g/mol. The first-order chi connectivity index (χ1) is 19.6. The van der Waals surface area contributed by atoms with Gasteiger partial charge in [0.25, 0.3) is 0 Å². The smallest absolute Gasteiger partial charge is 0.488 e. The number of halogens is 4. The zero-order valence-electron chi connectivity index (χ0n) is 22.0.